The van der Waals surface area contributed by atoms with Gasteiger partial charge >= 0.3 is 6.61 Å². The van der Waals surface area contributed by atoms with Crippen LogP contribution in [0.2, 0.25) is 0 Å². The van der Waals surface area contributed by atoms with Gasteiger partial charge in [-0.05, 0) is 44.9 Å². The summed E-state index contributed by atoms with van der Waals surface area (Å²) in [5.41, 5.74) is 0.195. The maximum Gasteiger partial charge on any atom is 0.387 e. The molecule has 0 aromatic heterocycles. The fourth-order valence-corrected chi connectivity index (χ4v) is 2.29. The van der Waals surface area contributed by atoms with Crippen molar-refractivity contribution in [3.05, 3.63) is 24.3 Å². The summed E-state index contributed by atoms with van der Waals surface area (Å²) in [6.45, 7) is -0.859. The highest BCUT2D eigenvalue weighted by Crippen LogP contribution is 2.33. The number of alkyl halides is 2. The molecule has 2 N–H and O–H groups in total. The first-order valence-electron chi connectivity index (χ1n) is 7.61. The number of rotatable bonds is 8. The molecule has 2 rings (SSSR count). The first-order chi connectivity index (χ1) is 10.9. The van der Waals surface area contributed by atoms with E-state index in [2.05, 4.69) is 10.1 Å². The van der Waals surface area contributed by atoms with Crippen molar-refractivity contribution in [1.29, 1.82) is 0 Å². The third-order valence-corrected chi connectivity index (χ3v) is 4.04. The Labute approximate surface area is 134 Å². The lowest BCUT2D eigenvalue weighted by Gasteiger charge is -2.26. The van der Waals surface area contributed by atoms with Crippen LogP contribution in [0.15, 0.2) is 24.3 Å². The van der Waals surface area contributed by atoms with E-state index in [4.69, 9.17) is 0 Å². The standard InChI is InChI=1S/C16H22F2N2O3/c1-10(20(2)9-13(21)11-7-8-11)15(22)19-12-5-3-4-6-14(12)23-16(17)18/h3-6,10-11,13,16,21H,7-9H2,1-2H3,(H,19,22). The van der Waals surface area contributed by atoms with Gasteiger partial charge in [-0.1, -0.05) is 12.1 Å². The number of para-hydroxylation sites is 2. The number of nitrogens with zero attached hydrogens (tertiary/aromatic N) is 1. The highest BCUT2D eigenvalue weighted by atomic mass is 19.3. The lowest BCUT2D eigenvalue weighted by Crippen LogP contribution is -2.43. The topological polar surface area (TPSA) is 61.8 Å². The van der Waals surface area contributed by atoms with Crippen molar-refractivity contribution in [2.45, 2.75) is 38.5 Å². The van der Waals surface area contributed by atoms with Crippen LogP contribution in [0.1, 0.15) is 19.8 Å². The Morgan fingerprint density at radius 2 is 2.09 bits per heavy atom. The molecule has 0 bridgehead atoms. The van der Waals surface area contributed by atoms with Gasteiger partial charge in [0.05, 0.1) is 17.8 Å². The number of aliphatic hydroxyl groups excluding tert-OH is 1. The Kier molecular flexibility index (Phi) is 5.90. The van der Waals surface area contributed by atoms with Crippen LogP contribution >= 0.6 is 0 Å². The summed E-state index contributed by atoms with van der Waals surface area (Å²) in [6.07, 6.45) is 1.60. The molecule has 1 aliphatic rings. The van der Waals surface area contributed by atoms with Crippen molar-refractivity contribution in [1.82, 2.24) is 4.90 Å². The quantitative estimate of drug-likeness (QED) is 0.769. The van der Waals surface area contributed by atoms with E-state index in [0.717, 1.165) is 12.8 Å². The molecule has 0 heterocycles. The Balaban J connectivity index is 1.94. The third kappa shape index (κ3) is 5.14. The number of hydrogen-bond acceptors (Lipinski definition) is 4. The van der Waals surface area contributed by atoms with E-state index >= 15 is 0 Å². The zero-order chi connectivity index (χ0) is 17.0. The molecule has 0 saturated heterocycles. The van der Waals surface area contributed by atoms with Crippen molar-refractivity contribution < 1.29 is 23.4 Å². The van der Waals surface area contributed by atoms with E-state index in [1.165, 1.54) is 12.1 Å². The number of likely N-dealkylation sites (N-methyl/N-ethyl adjacent to an activating group) is 1. The Morgan fingerprint density at radius 3 is 2.70 bits per heavy atom. The summed E-state index contributed by atoms with van der Waals surface area (Å²) in [6, 6.07) is 5.53. The van der Waals surface area contributed by atoms with Crippen molar-refractivity contribution in [3.8, 4) is 5.75 Å². The van der Waals surface area contributed by atoms with Crippen LogP contribution < -0.4 is 10.1 Å². The number of hydrogen-bond donors (Lipinski definition) is 2. The molecule has 1 saturated carbocycles. The van der Waals surface area contributed by atoms with Crippen molar-refractivity contribution in [2.75, 3.05) is 18.9 Å². The van der Waals surface area contributed by atoms with Gasteiger partial charge in [-0.3, -0.25) is 9.69 Å². The third-order valence-electron chi connectivity index (χ3n) is 4.04. The minimum Gasteiger partial charge on any atom is -0.433 e. The highest BCUT2D eigenvalue weighted by molar-refractivity contribution is 5.95. The van der Waals surface area contributed by atoms with Crippen LogP contribution in [0.25, 0.3) is 0 Å². The maximum absolute atomic E-state index is 12.4. The van der Waals surface area contributed by atoms with E-state index < -0.39 is 18.8 Å². The molecule has 0 radical (unpaired) electrons. The minimum absolute atomic E-state index is 0.0799. The predicted octanol–water partition coefficient (Wildman–Crippen LogP) is 2.32. The minimum atomic E-state index is -2.96. The second-order valence-electron chi connectivity index (χ2n) is 5.88. The van der Waals surface area contributed by atoms with E-state index in [1.54, 1.807) is 31.0 Å². The zero-order valence-corrected chi connectivity index (χ0v) is 13.2. The van der Waals surface area contributed by atoms with Gasteiger partial charge in [-0.2, -0.15) is 8.78 Å². The smallest absolute Gasteiger partial charge is 0.387 e. The summed E-state index contributed by atoms with van der Waals surface area (Å²) in [7, 11) is 1.75. The number of carbonyl (C=O) groups excluding carboxylic acids is 1. The number of aliphatic hydroxyl groups is 1. The van der Waals surface area contributed by atoms with Gasteiger partial charge in [0.25, 0.3) is 0 Å². The van der Waals surface area contributed by atoms with Gasteiger partial charge in [-0.25, -0.2) is 0 Å². The largest absolute Gasteiger partial charge is 0.433 e. The summed E-state index contributed by atoms with van der Waals surface area (Å²) in [5, 5.41) is 12.5. The van der Waals surface area contributed by atoms with E-state index in [9.17, 15) is 18.7 Å². The maximum atomic E-state index is 12.4. The molecule has 5 nitrogen and oxygen atoms in total. The fourth-order valence-electron chi connectivity index (χ4n) is 2.29. The molecule has 128 valence electrons. The first kappa shape index (κ1) is 17.6. The van der Waals surface area contributed by atoms with E-state index in [-0.39, 0.29) is 17.3 Å². The van der Waals surface area contributed by atoms with Gasteiger partial charge in [0.2, 0.25) is 5.91 Å². The van der Waals surface area contributed by atoms with Gasteiger partial charge in [0.15, 0.2) is 0 Å². The lowest BCUT2D eigenvalue weighted by molar-refractivity contribution is -0.120. The predicted molar refractivity (Wildman–Crippen MR) is 82.5 cm³/mol. The number of carbonyl (C=O) groups is 1. The highest BCUT2D eigenvalue weighted by Gasteiger charge is 2.32. The molecule has 1 aliphatic carbocycles. The number of ether oxygens (including phenoxy) is 1. The molecular weight excluding hydrogens is 306 g/mol. The molecule has 2 atom stereocenters. The number of amides is 1. The van der Waals surface area contributed by atoms with Crippen LogP contribution in [0.5, 0.6) is 5.75 Å². The second-order valence-corrected chi connectivity index (χ2v) is 5.88. The fraction of sp³-hybridized carbons (Fsp3) is 0.562. The van der Waals surface area contributed by atoms with Crippen molar-refractivity contribution in [3.63, 3.8) is 0 Å². The second kappa shape index (κ2) is 7.70. The summed E-state index contributed by atoms with van der Waals surface area (Å²) in [4.78, 5) is 14.0. The molecular formula is C16H22F2N2O3. The van der Waals surface area contributed by atoms with Crippen LogP contribution in [0, 0.1) is 5.92 Å². The van der Waals surface area contributed by atoms with Crippen molar-refractivity contribution in [2.24, 2.45) is 5.92 Å². The number of nitrogens with one attached hydrogen (secondary N) is 1. The summed E-state index contributed by atoms with van der Waals surface area (Å²) in [5.74, 6) is -0.0996. The van der Waals surface area contributed by atoms with Gasteiger partial charge in [0, 0.05) is 6.54 Å². The molecule has 23 heavy (non-hydrogen) atoms. The van der Waals surface area contributed by atoms with Crippen LogP contribution in [-0.2, 0) is 4.79 Å². The SMILES string of the molecule is CC(C(=O)Nc1ccccc1OC(F)F)N(C)CC(O)C1CC1. The average molecular weight is 328 g/mol. The Hall–Kier alpha value is -1.73. The number of anilines is 1. The molecule has 0 aliphatic heterocycles. The summed E-state index contributed by atoms with van der Waals surface area (Å²) >= 11 is 0. The molecule has 1 fully saturated rings. The Bertz CT molecular complexity index is 538. The number of benzene rings is 1. The zero-order valence-electron chi connectivity index (χ0n) is 13.2. The first-order valence-corrected chi connectivity index (χ1v) is 7.61. The van der Waals surface area contributed by atoms with Crippen LogP contribution in [0.4, 0.5) is 14.5 Å². The van der Waals surface area contributed by atoms with Gasteiger partial charge < -0.3 is 15.2 Å². The molecule has 1 amide bonds. The lowest BCUT2D eigenvalue weighted by atomic mass is 10.2. The molecule has 7 heteroatoms. The van der Waals surface area contributed by atoms with Gasteiger partial charge in [-0.15, -0.1) is 0 Å². The Morgan fingerprint density at radius 1 is 1.43 bits per heavy atom. The monoisotopic (exact) mass is 328 g/mol. The normalized spacial score (nSPS) is 17.2. The van der Waals surface area contributed by atoms with Gasteiger partial charge in [0.1, 0.15) is 5.75 Å². The molecule has 1 aromatic carbocycles. The molecule has 1 aromatic rings. The average Bonchev–Trinajstić information content (AvgIpc) is 3.32. The molecule has 0 spiro atoms. The number of halogens is 2. The van der Waals surface area contributed by atoms with E-state index in [1.807, 2.05) is 0 Å². The summed E-state index contributed by atoms with van der Waals surface area (Å²) < 4.78 is 29.1. The van der Waals surface area contributed by atoms with Crippen LogP contribution in [0.3, 0.4) is 0 Å². The molecule has 2 unspecified atom stereocenters. The van der Waals surface area contributed by atoms with Crippen molar-refractivity contribution >= 4 is 11.6 Å². The van der Waals surface area contributed by atoms with E-state index in [0.29, 0.717) is 12.5 Å². The van der Waals surface area contributed by atoms with Crippen LogP contribution in [-0.4, -0.2) is 48.3 Å².